The van der Waals surface area contributed by atoms with Crippen LogP contribution in [0.3, 0.4) is 0 Å². The second kappa shape index (κ2) is 6.42. The van der Waals surface area contributed by atoms with E-state index in [0.717, 1.165) is 10.9 Å². The molecule has 0 aliphatic heterocycles. The number of halogens is 1. The van der Waals surface area contributed by atoms with Gasteiger partial charge in [0, 0.05) is 18.1 Å². The fourth-order valence-corrected chi connectivity index (χ4v) is 2.13. The van der Waals surface area contributed by atoms with Crippen molar-refractivity contribution < 1.29 is 9.53 Å². The van der Waals surface area contributed by atoms with Crippen LogP contribution in [0.15, 0.2) is 22.7 Å². The minimum atomic E-state index is -0.446. The van der Waals surface area contributed by atoms with E-state index in [0.29, 0.717) is 6.54 Å². The molecule has 0 heterocycles. The van der Waals surface area contributed by atoms with Gasteiger partial charge in [-0.05, 0) is 57.4 Å². The summed E-state index contributed by atoms with van der Waals surface area (Å²) in [6.07, 6.45) is 0.553. The van der Waals surface area contributed by atoms with E-state index in [1.165, 1.54) is 11.1 Å². The van der Waals surface area contributed by atoms with E-state index in [1.54, 1.807) is 11.9 Å². The first-order chi connectivity index (χ1) is 8.69. The smallest absolute Gasteiger partial charge is 0.410 e. The fourth-order valence-electron chi connectivity index (χ4n) is 1.66. The van der Waals surface area contributed by atoms with Crippen LogP contribution in [0.2, 0.25) is 0 Å². The van der Waals surface area contributed by atoms with Crippen molar-refractivity contribution in [3.05, 3.63) is 33.8 Å². The number of ether oxygens (including phenoxy) is 1. The molecule has 0 atom stereocenters. The second-order valence-electron chi connectivity index (χ2n) is 5.72. The van der Waals surface area contributed by atoms with Crippen molar-refractivity contribution in [2.75, 3.05) is 13.6 Å². The molecule has 0 saturated heterocycles. The maximum Gasteiger partial charge on any atom is 0.410 e. The Labute approximate surface area is 124 Å². The molecule has 1 amide bonds. The quantitative estimate of drug-likeness (QED) is 0.833. The zero-order chi connectivity index (χ0) is 14.6. The number of aryl methyl sites for hydroxylation is 1. The first kappa shape index (κ1) is 16.0. The summed E-state index contributed by atoms with van der Waals surface area (Å²) in [6, 6.07) is 6.20. The lowest BCUT2D eigenvalue weighted by atomic mass is 10.1. The zero-order valence-corrected chi connectivity index (χ0v) is 13.9. The van der Waals surface area contributed by atoms with E-state index in [2.05, 4.69) is 35.0 Å². The minimum absolute atomic E-state index is 0.276. The number of likely N-dealkylation sites (N-methyl/N-ethyl adjacent to an activating group) is 1. The molecule has 0 aromatic heterocycles. The van der Waals surface area contributed by atoms with Crippen LogP contribution in [0.4, 0.5) is 4.79 Å². The van der Waals surface area contributed by atoms with Gasteiger partial charge in [-0.25, -0.2) is 4.79 Å². The van der Waals surface area contributed by atoms with Crippen LogP contribution >= 0.6 is 15.9 Å². The third-order valence-electron chi connectivity index (χ3n) is 2.73. The standard InChI is InChI=1S/C15H22BrNO2/c1-11-10-13(16)7-6-12(11)8-9-17(5)14(18)19-15(2,3)4/h6-7,10H,8-9H2,1-5H3. The highest BCUT2D eigenvalue weighted by Crippen LogP contribution is 2.17. The van der Waals surface area contributed by atoms with Crippen LogP contribution in [0.5, 0.6) is 0 Å². The predicted octanol–water partition coefficient (Wildman–Crippen LogP) is 4.17. The summed E-state index contributed by atoms with van der Waals surface area (Å²) in [7, 11) is 1.77. The van der Waals surface area contributed by atoms with Gasteiger partial charge >= 0.3 is 6.09 Å². The van der Waals surface area contributed by atoms with E-state index in [4.69, 9.17) is 4.74 Å². The molecule has 0 aliphatic rings. The van der Waals surface area contributed by atoms with Gasteiger partial charge in [-0.2, -0.15) is 0 Å². The van der Waals surface area contributed by atoms with Crippen molar-refractivity contribution in [3.8, 4) is 0 Å². The van der Waals surface area contributed by atoms with Gasteiger partial charge in [-0.1, -0.05) is 22.0 Å². The molecule has 4 heteroatoms. The Hall–Kier alpha value is -1.03. The summed E-state index contributed by atoms with van der Waals surface area (Å²) in [4.78, 5) is 13.4. The largest absolute Gasteiger partial charge is 0.444 e. The summed E-state index contributed by atoms with van der Waals surface area (Å²) in [5.41, 5.74) is 2.03. The first-order valence-corrected chi connectivity index (χ1v) is 7.17. The molecule has 1 aromatic carbocycles. The van der Waals surface area contributed by atoms with Gasteiger partial charge in [0.1, 0.15) is 5.60 Å². The Morgan fingerprint density at radius 3 is 2.53 bits per heavy atom. The highest BCUT2D eigenvalue weighted by Gasteiger charge is 2.19. The van der Waals surface area contributed by atoms with Crippen LogP contribution < -0.4 is 0 Å². The van der Waals surface area contributed by atoms with Crippen molar-refractivity contribution in [2.24, 2.45) is 0 Å². The predicted molar refractivity (Wildman–Crippen MR) is 81.4 cm³/mol. The van der Waals surface area contributed by atoms with Gasteiger partial charge in [-0.3, -0.25) is 0 Å². The molecule has 1 aromatic rings. The molecule has 0 bridgehead atoms. The third kappa shape index (κ3) is 5.64. The van der Waals surface area contributed by atoms with Crippen LogP contribution in [0, 0.1) is 6.92 Å². The molecule has 0 spiro atoms. The van der Waals surface area contributed by atoms with Gasteiger partial charge in [0.15, 0.2) is 0 Å². The van der Waals surface area contributed by atoms with E-state index < -0.39 is 5.60 Å². The van der Waals surface area contributed by atoms with E-state index >= 15 is 0 Å². The van der Waals surface area contributed by atoms with Crippen LogP contribution in [-0.4, -0.2) is 30.2 Å². The molecule has 3 nitrogen and oxygen atoms in total. The zero-order valence-electron chi connectivity index (χ0n) is 12.3. The fraction of sp³-hybridized carbons (Fsp3) is 0.533. The normalized spacial score (nSPS) is 11.3. The summed E-state index contributed by atoms with van der Waals surface area (Å²) >= 11 is 3.45. The third-order valence-corrected chi connectivity index (χ3v) is 3.22. The van der Waals surface area contributed by atoms with Crippen molar-refractivity contribution >= 4 is 22.0 Å². The van der Waals surface area contributed by atoms with Gasteiger partial charge in [0.2, 0.25) is 0 Å². The van der Waals surface area contributed by atoms with Crippen LogP contribution in [0.25, 0.3) is 0 Å². The van der Waals surface area contributed by atoms with Gasteiger partial charge in [-0.15, -0.1) is 0 Å². The van der Waals surface area contributed by atoms with Gasteiger partial charge < -0.3 is 9.64 Å². The number of carbonyl (C=O) groups excluding carboxylic acids is 1. The lowest BCUT2D eigenvalue weighted by Crippen LogP contribution is -2.35. The summed E-state index contributed by atoms with van der Waals surface area (Å²) < 4.78 is 6.39. The number of amides is 1. The number of hydrogen-bond acceptors (Lipinski definition) is 2. The first-order valence-electron chi connectivity index (χ1n) is 6.38. The Morgan fingerprint density at radius 1 is 1.37 bits per heavy atom. The Morgan fingerprint density at radius 2 is 2.00 bits per heavy atom. The van der Waals surface area contributed by atoms with E-state index in [-0.39, 0.29) is 6.09 Å². The average Bonchev–Trinajstić information content (AvgIpc) is 2.25. The molecule has 106 valence electrons. The van der Waals surface area contributed by atoms with Crippen molar-refractivity contribution in [1.29, 1.82) is 0 Å². The van der Waals surface area contributed by atoms with Crippen molar-refractivity contribution in [3.63, 3.8) is 0 Å². The lowest BCUT2D eigenvalue weighted by Gasteiger charge is -2.24. The SMILES string of the molecule is Cc1cc(Br)ccc1CCN(C)C(=O)OC(C)(C)C. The van der Waals surface area contributed by atoms with Crippen LogP contribution in [-0.2, 0) is 11.2 Å². The monoisotopic (exact) mass is 327 g/mol. The maximum absolute atomic E-state index is 11.8. The number of hydrogen-bond donors (Lipinski definition) is 0. The Kier molecular flexibility index (Phi) is 5.41. The molecule has 0 N–H and O–H groups in total. The average molecular weight is 328 g/mol. The van der Waals surface area contributed by atoms with Gasteiger partial charge in [0.05, 0.1) is 0 Å². The maximum atomic E-state index is 11.8. The summed E-state index contributed by atoms with van der Waals surface area (Å²) in [5.74, 6) is 0. The van der Waals surface area contributed by atoms with E-state index in [9.17, 15) is 4.79 Å². The van der Waals surface area contributed by atoms with Gasteiger partial charge in [0.25, 0.3) is 0 Å². The minimum Gasteiger partial charge on any atom is -0.444 e. The number of rotatable bonds is 3. The Balaban J connectivity index is 2.54. The Bertz CT molecular complexity index is 452. The molecular formula is C15H22BrNO2. The van der Waals surface area contributed by atoms with Crippen LogP contribution in [0.1, 0.15) is 31.9 Å². The van der Waals surface area contributed by atoms with Crippen molar-refractivity contribution in [1.82, 2.24) is 4.90 Å². The number of carbonyl (C=O) groups is 1. The second-order valence-corrected chi connectivity index (χ2v) is 6.64. The highest BCUT2D eigenvalue weighted by molar-refractivity contribution is 9.10. The molecule has 0 unspecified atom stereocenters. The molecule has 0 aliphatic carbocycles. The van der Waals surface area contributed by atoms with E-state index in [1.807, 2.05) is 26.8 Å². The topological polar surface area (TPSA) is 29.5 Å². The summed E-state index contributed by atoms with van der Waals surface area (Å²) in [6.45, 7) is 8.35. The number of benzene rings is 1. The number of nitrogens with zero attached hydrogens (tertiary/aromatic N) is 1. The molecule has 0 radical (unpaired) electrons. The summed E-state index contributed by atoms with van der Waals surface area (Å²) in [5, 5.41) is 0. The molecule has 0 fully saturated rings. The molecule has 0 saturated carbocycles. The lowest BCUT2D eigenvalue weighted by molar-refractivity contribution is 0.0300. The highest BCUT2D eigenvalue weighted by atomic mass is 79.9. The van der Waals surface area contributed by atoms with Crippen molar-refractivity contribution in [2.45, 2.75) is 39.7 Å². The molecular weight excluding hydrogens is 306 g/mol. The molecule has 1 rings (SSSR count). The molecule has 19 heavy (non-hydrogen) atoms.